The molecule has 0 aromatic heterocycles. The van der Waals surface area contributed by atoms with Gasteiger partial charge < -0.3 is 10.2 Å². The van der Waals surface area contributed by atoms with Crippen LogP contribution >= 0.6 is 0 Å². The molecule has 3 fully saturated rings. The van der Waals surface area contributed by atoms with Gasteiger partial charge in [0.05, 0.1) is 0 Å². The lowest BCUT2D eigenvalue weighted by atomic mass is 10.1. The molecule has 4 heteroatoms. The largest absolute Gasteiger partial charge is 0.324 e. The summed E-state index contributed by atoms with van der Waals surface area (Å²) in [5, 5.41) is 3.55. The molecule has 2 amide bonds. The summed E-state index contributed by atoms with van der Waals surface area (Å²) in [6.45, 7) is 2.83. The van der Waals surface area contributed by atoms with Crippen LogP contribution in [0.25, 0.3) is 0 Å². The van der Waals surface area contributed by atoms with Crippen molar-refractivity contribution in [3.05, 3.63) is 30.3 Å². The first-order valence-corrected chi connectivity index (χ1v) is 7.19. The number of hydrogen-bond donors (Lipinski definition) is 1. The molecule has 2 bridgehead atoms. The van der Waals surface area contributed by atoms with E-state index < -0.39 is 0 Å². The predicted octanol–water partition coefficient (Wildman–Crippen LogP) is 1.68. The van der Waals surface area contributed by atoms with Gasteiger partial charge in [0.15, 0.2) is 0 Å². The number of piperidine rings is 1. The molecule has 0 spiro atoms. The van der Waals surface area contributed by atoms with Gasteiger partial charge in [-0.25, -0.2) is 4.79 Å². The average Bonchev–Trinajstić information content (AvgIpc) is 3.14. The summed E-state index contributed by atoms with van der Waals surface area (Å²) in [5.41, 5.74) is 1.02. The van der Waals surface area contributed by atoms with Crippen molar-refractivity contribution < 1.29 is 4.79 Å². The number of carbonyl (C=O) groups excluding carboxylic acids is 1. The molecule has 19 heavy (non-hydrogen) atoms. The number of rotatable bonds is 2. The number of benzene rings is 1. The lowest BCUT2D eigenvalue weighted by Gasteiger charge is -2.31. The van der Waals surface area contributed by atoms with E-state index in [1.54, 1.807) is 0 Å². The van der Waals surface area contributed by atoms with E-state index in [4.69, 9.17) is 0 Å². The fourth-order valence-corrected chi connectivity index (χ4v) is 3.88. The van der Waals surface area contributed by atoms with E-state index in [1.807, 2.05) is 35.2 Å². The molecule has 4 rings (SSSR count). The molecule has 2 heterocycles. The second kappa shape index (κ2) is 4.23. The lowest BCUT2D eigenvalue weighted by Crippen LogP contribution is -2.49. The topological polar surface area (TPSA) is 35.6 Å². The van der Waals surface area contributed by atoms with Gasteiger partial charge in [-0.05, 0) is 37.4 Å². The third kappa shape index (κ3) is 1.74. The number of hydrogen-bond acceptors (Lipinski definition) is 2. The molecule has 2 saturated heterocycles. The molecule has 100 valence electrons. The maximum absolute atomic E-state index is 12.6. The van der Waals surface area contributed by atoms with Crippen LogP contribution in [-0.2, 0) is 0 Å². The van der Waals surface area contributed by atoms with Crippen molar-refractivity contribution >= 4 is 11.7 Å². The van der Waals surface area contributed by atoms with Crippen LogP contribution in [0.5, 0.6) is 0 Å². The molecule has 3 unspecified atom stereocenters. The Bertz CT molecular complexity index is 489. The Hall–Kier alpha value is -1.55. The van der Waals surface area contributed by atoms with Crippen molar-refractivity contribution in [2.75, 3.05) is 24.5 Å². The summed E-state index contributed by atoms with van der Waals surface area (Å²) >= 11 is 0. The van der Waals surface area contributed by atoms with Crippen LogP contribution in [0.4, 0.5) is 10.5 Å². The molecule has 1 aromatic carbocycles. The van der Waals surface area contributed by atoms with Crippen molar-refractivity contribution in [1.29, 1.82) is 0 Å². The third-order valence-electron chi connectivity index (χ3n) is 4.80. The van der Waals surface area contributed by atoms with E-state index in [2.05, 4.69) is 10.2 Å². The zero-order valence-electron chi connectivity index (χ0n) is 11.0. The van der Waals surface area contributed by atoms with Crippen molar-refractivity contribution in [1.82, 2.24) is 10.2 Å². The minimum absolute atomic E-state index is 0.186. The van der Waals surface area contributed by atoms with E-state index in [0.29, 0.717) is 12.1 Å². The van der Waals surface area contributed by atoms with E-state index in [-0.39, 0.29) is 6.03 Å². The molecule has 1 N–H and O–H groups in total. The molecular weight excluding hydrogens is 238 g/mol. The number of carbonyl (C=O) groups is 1. The standard InChI is InChI=1S/C15H19N3O/c19-15-17(12-4-2-1-3-5-12)6-7-18(15)14-9-11-8-13(14)16-10-11/h1-5,11,13-14,16H,6-10H2. The van der Waals surface area contributed by atoms with Crippen LogP contribution < -0.4 is 10.2 Å². The summed E-state index contributed by atoms with van der Waals surface area (Å²) < 4.78 is 0. The number of para-hydroxylation sites is 1. The average molecular weight is 257 g/mol. The minimum Gasteiger partial charge on any atom is -0.318 e. The second-order valence-electron chi connectivity index (χ2n) is 5.88. The predicted molar refractivity (Wildman–Crippen MR) is 74.2 cm³/mol. The highest BCUT2D eigenvalue weighted by atomic mass is 16.2. The molecule has 3 atom stereocenters. The Kier molecular flexibility index (Phi) is 2.52. The highest BCUT2D eigenvalue weighted by Gasteiger charge is 2.46. The number of fused-ring (bicyclic) bond motifs is 2. The van der Waals surface area contributed by atoms with Gasteiger partial charge in [-0.2, -0.15) is 0 Å². The summed E-state index contributed by atoms with van der Waals surface area (Å²) in [5.74, 6) is 0.786. The van der Waals surface area contributed by atoms with Crippen LogP contribution in [0.1, 0.15) is 12.8 Å². The highest BCUT2D eigenvalue weighted by Crippen LogP contribution is 2.36. The molecule has 0 radical (unpaired) electrons. The quantitative estimate of drug-likeness (QED) is 0.875. The Morgan fingerprint density at radius 1 is 1.11 bits per heavy atom. The van der Waals surface area contributed by atoms with Crippen molar-refractivity contribution in [2.24, 2.45) is 5.92 Å². The monoisotopic (exact) mass is 257 g/mol. The van der Waals surface area contributed by atoms with Crippen LogP contribution in [-0.4, -0.2) is 42.6 Å². The van der Waals surface area contributed by atoms with E-state index >= 15 is 0 Å². The summed E-state index contributed by atoms with van der Waals surface area (Å²) in [6.07, 6.45) is 2.44. The maximum Gasteiger partial charge on any atom is 0.324 e. The first-order valence-electron chi connectivity index (χ1n) is 7.19. The van der Waals surface area contributed by atoms with Gasteiger partial charge >= 0.3 is 6.03 Å². The van der Waals surface area contributed by atoms with Crippen molar-refractivity contribution in [2.45, 2.75) is 24.9 Å². The number of nitrogens with one attached hydrogen (secondary N) is 1. The van der Waals surface area contributed by atoms with E-state index in [9.17, 15) is 4.79 Å². The minimum atomic E-state index is 0.186. The first kappa shape index (κ1) is 11.3. The Morgan fingerprint density at radius 2 is 1.95 bits per heavy atom. The number of anilines is 1. The zero-order chi connectivity index (χ0) is 12.8. The molecule has 3 aliphatic rings. The van der Waals surface area contributed by atoms with Gasteiger partial charge in [-0.3, -0.25) is 4.90 Å². The summed E-state index contributed by atoms with van der Waals surface area (Å²) in [4.78, 5) is 16.6. The van der Waals surface area contributed by atoms with E-state index in [0.717, 1.165) is 31.2 Å². The molecule has 4 nitrogen and oxygen atoms in total. The van der Waals surface area contributed by atoms with E-state index in [1.165, 1.54) is 12.8 Å². The van der Waals surface area contributed by atoms with Gasteiger partial charge in [0.2, 0.25) is 0 Å². The normalized spacial score (nSPS) is 33.5. The van der Waals surface area contributed by atoms with Gasteiger partial charge in [0, 0.05) is 30.9 Å². The highest BCUT2D eigenvalue weighted by molar-refractivity contribution is 5.94. The lowest BCUT2D eigenvalue weighted by molar-refractivity contribution is 0.183. The van der Waals surface area contributed by atoms with Gasteiger partial charge in [0.25, 0.3) is 0 Å². The summed E-state index contributed by atoms with van der Waals surface area (Å²) in [7, 11) is 0. The van der Waals surface area contributed by atoms with Gasteiger partial charge in [0.1, 0.15) is 0 Å². The van der Waals surface area contributed by atoms with Gasteiger partial charge in [-0.15, -0.1) is 0 Å². The van der Waals surface area contributed by atoms with Crippen LogP contribution in [0.3, 0.4) is 0 Å². The Balaban J connectivity index is 1.53. The number of amides is 2. The first-order chi connectivity index (χ1) is 9.33. The Morgan fingerprint density at radius 3 is 2.63 bits per heavy atom. The smallest absolute Gasteiger partial charge is 0.318 e. The van der Waals surface area contributed by atoms with Gasteiger partial charge in [-0.1, -0.05) is 18.2 Å². The molecule has 1 saturated carbocycles. The SMILES string of the molecule is O=C1N(c2ccccc2)CCN1C1CC2CNC1C2. The van der Waals surface area contributed by atoms with Crippen LogP contribution in [0.15, 0.2) is 30.3 Å². The molecule has 1 aliphatic carbocycles. The van der Waals surface area contributed by atoms with Crippen LogP contribution in [0, 0.1) is 5.92 Å². The molecule has 1 aromatic rings. The van der Waals surface area contributed by atoms with Crippen LogP contribution in [0.2, 0.25) is 0 Å². The third-order valence-corrected chi connectivity index (χ3v) is 4.80. The fraction of sp³-hybridized carbons (Fsp3) is 0.533. The molecular formula is C15H19N3O. The molecule has 2 aliphatic heterocycles. The fourth-order valence-electron chi connectivity index (χ4n) is 3.88. The maximum atomic E-state index is 12.6. The van der Waals surface area contributed by atoms with Crippen molar-refractivity contribution in [3.63, 3.8) is 0 Å². The summed E-state index contributed by atoms with van der Waals surface area (Å²) in [6, 6.07) is 11.1. The second-order valence-corrected chi connectivity index (χ2v) is 5.88. The number of urea groups is 1. The zero-order valence-corrected chi connectivity index (χ0v) is 11.0. The van der Waals surface area contributed by atoms with Crippen molar-refractivity contribution in [3.8, 4) is 0 Å². The number of nitrogens with zero attached hydrogens (tertiary/aromatic N) is 2. The Labute approximate surface area is 113 Å².